The second-order valence-corrected chi connectivity index (χ2v) is 9.54. The van der Waals surface area contributed by atoms with Crippen LogP contribution in [0.2, 0.25) is 0 Å². The minimum absolute atomic E-state index is 0.0899. The molecule has 3 aliphatic rings. The number of hydrogen-bond donors (Lipinski definition) is 1. The Bertz CT molecular complexity index is 1340. The van der Waals surface area contributed by atoms with Crippen LogP contribution >= 0.6 is 0 Å². The number of carbonyl (C=O) groups is 1. The summed E-state index contributed by atoms with van der Waals surface area (Å²) in [5, 5.41) is 4.26. The van der Waals surface area contributed by atoms with Crippen LogP contribution in [0.5, 0.6) is 5.75 Å². The molecule has 0 radical (unpaired) electrons. The molecule has 2 aromatic carbocycles. The van der Waals surface area contributed by atoms with Crippen molar-refractivity contribution in [3.05, 3.63) is 84.4 Å². The summed E-state index contributed by atoms with van der Waals surface area (Å²) >= 11 is 0. The van der Waals surface area contributed by atoms with Gasteiger partial charge in [0.05, 0.1) is 7.11 Å². The second kappa shape index (κ2) is 9.19. The summed E-state index contributed by atoms with van der Waals surface area (Å²) in [6.45, 7) is 2.18. The van der Waals surface area contributed by atoms with Crippen molar-refractivity contribution in [2.75, 3.05) is 20.2 Å². The van der Waals surface area contributed by atoms with Gasteiger partial charge in [-0.3, -0.25) is 14.7 Å². The van der Waals surface area contributed by atoms with Crippen LogP contribution in [0, 0.1) is 5.92 Å². The lowest BCUT2D eigenvalue weighted by atomic mass is 9.76. The number of nitrogens with zero attached hydrogens (tertiary/aromatic N) is 2. The number of piperidine rings is 3. The molecular formula is C29H29N3O3. The Hall–Kier alpha value is -3.64. The summed E-state index contributed by atoms with van der Waals surface area (Å²) in [7, 11) is 1.66. The summed E-state index contributed by atoms with van der Waals surface area (Å²) in [5.74, 6) is 1.45. The maximum absolute atomic E-state index is 13.5. The number of nitrogens with one attached hydrogen (secondary N) is 1. The van der Waals surface area contributed by atoms with Crippen molar-refractivity contribution in [3.8, 4) is 16.9 Å². The largest absolute Gasteiger partial charge is 0.496 e. The summed E-state index contributed by atoms with van der Waals surface area (Å²) in [4.78, 5) is 20.3. The van der Waals surface area contributed by atoms with Crippen LogP contribution < -0.4 is 10.1 Å². The van der Waals surface area contributed by atoms with Gasteiger partial charge in [0.25, 0.3) is 5.91 Å². The van der Waals surface area contributed by atoms with Crippen LogP contribution in [0.1, 0.15) is 29.0 Å². The smallest absolute Gasteiger partial charge is 0.287 e. The van der Waals surface area contributed by atoms with Crippen LogP contribution in [-0.4, -0.2) is 48.1 Å². The van der Waals surface area contributed by atoms with Crippen LogP contribution in [0.3, 0.4) is 0 Å². The predicted octanol–water partition coefficient (Wildman–Crippen LogP) is 4.94. The molecule has 0 saturated carbocycles. The van der Waals surface area contributed by atoms with Crippen molar-refractivity contribution in [2.24, 2.45) is 5.92 Å². The number of fused-ring (bicyclic) bond motifs is 4. The minimum Gasteiger partial charge on any atom is -0.496 e. The molecule has 3 fully saturated rings. The average Bonchev–Trinajstić information content (AvgIpc) is 3.36. The molecule has 0 aliphatic carbocycles. The molecule has 7 rings (SSSR count). The van der Waals surface area contributed by atoms with Crippen molar-refractivity contribution in [1.82, 2.24) is 15.2 Å². The molecule has 5 heterocycles. The van der Waals surface area contributed by atoms with Gasteiger partial charge < -0.3 is 14.5 Å². The van der Waals surface area contributed by atoms with Crippen molar-refractivity contribution in [1.29, 1.82) is 0 Å². The number of hydrogen-bond acceptors (Lipinski definition) is 5. The first-order chi connectivity index (χ1) is 17.2. The van der Waals surface area contributed by atoms with E-state index in [1.54, 1.807) is 13.3 Å². The number of pyridine rings is 1. The summed E-state index contributed by atoms with van der Waals surface area (Å²) in [6, 6.07) is 20.1. The first-order valence-electron chi connectivity index (χ1n) is 12.3. The van der Waals surface area contributed by atoms with E-state index in [9.17, 15) is 4.79 Å². The van der Waals surface area contributed by atoms with Gasteiger partial charge in [-0.1, -0.05) is 42.5 Å². The molecule has 1 N–H and O–H groups in total. The number of benzene rings is 2. The standard InChI is InChI=1S/C29H29N3O3/c1-34-25-10-3-2-8-22(25)23-9-4-7-21-17-26(35-28(21)23)29(33)31-27-20-11-14-32(15-12-20)24(27)16-19-6-5-13-30-18-19/h2-10,13,17-18,20,24,27H,11-12,14-16H2,1H3,(H,31,33)/t24-,27+/m0/s1. The van der Waals surface area contributed by atoms with Crippen LogP contribution in [-0.2, 0) is 6.42 Å². The molecule has 3 aliphatic heterocycles. The van der Waals surface area contributed by atoms with Crippen molar-refractivity contribution < 1.29 is 13.9 Å². The van der Waals surface area contributed by atoms with Gasteiger partial charge in [-0.15, -0.1) is 0 Å². The highest BCUT2D eigenvalue weighted by atomic mass is 16.5. The van der Waals surface area contributed by atoms with E-state index in [1.165, 1.54) is 5.56 Å². The molecule has 35 heavy (non-hydrogen) atoms. The molecule has 6 nitrogen and oxygen atoms in total. The average molecular weight is 468 g/mol. The number of aromatic nitrogens is 1. The third kappa shape index (κ3) is 4.08. The van der Waals surface area contributed by atoms with E-state index in [0.29, 0.717) is 17.3 Å². The van der Waals surface area contributed by atoms with E-state index >= 15 is 0 Å². The van der Waals surface area contributed by atoms with Gasteiger partial charge in [-0.2, -0.15) is 0 Å². The van der Waals surface area contributed by atoms with Gasteiger partial charge in [-0.25, -0.2) is 0 Å². The number of amides is 1. The zero-order chi connectivity index (χ0) is 23.8. The van der Waals surface area contributed by atoms with E-state index in [2.05, 4.69) is 21.3 Å². The zero-order valence-corrected chi connectivity index (χ0v) is 19.8. The topological polar surface area (TPSA) is 67.6 Å². The highest BCUT2D eigenvalue weighted by Gasteiger charge is 2.43. The Kier molecular flexibility index (Phi) is 5.74. The molecule has 0 spiro atoms. The van der Waals surface area contributed by atoms with Crippen LogP contribution in [0.15, 0.2) is 77.5 Å². The molecule has 2 aromatic heterocycles. The fourth-order valence-electron chi connectivity index (χ4n) is 5.86. The summed E-state index contributed by atoms with van der Waals surface area (Å²) in [5.41, 5.74) is 3.75. The second-order valence-electron chi connectivity index (χ2n) is 9.54. The minimum atomic E-state index is -0.151. The molecule has 0 unspecified atom stereocenters. The highest BCUT2D eigenvalue weighted by molar-refractivity contribution is 6.00. The predicted molar refractivity (Wildman–Crippen MR) is 135 cm³/mol. The lowest BCUT2D eigenvalue weighted by Crippen LogP contribution is -2.64. The van der Waals surface area contributed by atoms with Gasteiger partial charge in [0.1, 0.15) is 11.3 Å². The number of rotatable bonds is 6. The maximum Gasteiger partial charge on any atom is 0.287 e. The van der Waals surface area contributed by atoms with Crippen molar-refractivity contribution in [2.45, 2.75) is 31.3 Å². The van der Waals surface area contributed by atoms with Crippen molar-refractivity contribution >= 4 is 16.9 Å². The Morgan fingerprint density at radius 3 is 2.71 bits per heavy atom. The van der Waals surface area contributed by atoms with Gasteiger partial charge in [0.2, 0.25) is 0 Å². The number of carbonyl (C=O) groups excluding carboxylic acids is 1. The first kappa shape index (κ1) is 21.9. The zero-order valence-electron chi connectivity index (χ0n) is 19.8. The fourth-order valence-corrected chi connectivity index (χ4v) is 5.86. The van der Waals surface area contributed by atoms with Gasteiger partial charge in [0.15, 0.2) is 5.76 Å². The van der Waals surface area contributed by atoms with Crippen molar-refractivity contribution in [3.63, 3.8) is 0 Å². The Balaban J connectivity index is 1.29. The maximum atomic E-state index is 13.5. The molecule has 3 saturated heterocycles. The van der Waals surface area contributed by atoms with E-state index < -0.39 is 0 Å². The van der Waals surface area contributed by atoms with Gasteiger partial charge in [0, 0.05) is 41.0 Å². The molecule has 2 atom stereocenters. The van der Waals surface area contributed by atoms with E-state index in [-0.39, 0.29) is 18.0 Å². The van der Waals surface area contributed by atoms with Crippen LogP contribution in [0.4, 0.5) is 0 Å². The highest BCUT2D eigenvalue weighted by Crippen LogP contribution is 2.37. The monoisotopic (exact) mass is 467 g/mol. The molecule has 6 heteroatoms. The number of furan rings is 1. The molecule has 4 aromatic rings. The summed E-state index contributed by atoms with van der Waals surface area (Å²) < 4.78 is 11.8. The molecule has 178 valence electrons. The van der Waals surface area contributed by atoms with E-state index in [4.69, 9.17) is 9.15 Å². The van der Waals surface area contributed by atoms with E-state index in [1.807, 2.05) is 60.8 Å². The molecule has 1 amide bonds. The summed E-state index contributed by atoms with van der Waals surface area (Å²) in [6.07, 6.45) is 6.85. The number of methoxy groups -OCH3 is 1. The fraction of sp³-hybridized carbons (Fsp3) is 0.310. The van der Waals surface area contributed by atoms with Gasteiger partial charge >= 0.3 is 0 Å². The lowest BCUT2D eigenvalue weighted by molar-refractivity contribution is 0.0131. The Morgan fingerprint density at radius 1 is 1.09 bits per heavy atom. The first-order valence-corrected chi connectivity index (χ1v) is 12.3. The van der Waals surface area contributed by atoms with Gasteiger partial charge in [-0.05, 0) is 62.0 Å². The Labute approximate surface area is 204 Å². The normalized spacial score (nSPS) is 23.3. The quantitative estimate of drug-likeness (QED) is 0.435. The van der Waals surface area contributed by atoms with Crippen LogP contribution in [0.25, 0.3) is 22.1 Å². The van der Waals surface area contributed by atoms with E-state index in [0.717, 1.165) is 54.6 Å². The molecule has 2 bridgehead atoms. The lowest BCUT2D eigenvalue weighted by Gasteiger charge is -2.51. The number of ether oxygens (including phenoxy) is 1. The molecular weight excluding hydrogens is 438 g/mol. The third-order valence-corrected chi connectivity index (χ3v) is 7.60. The SMILES string of the molecule is COc1ccccc1-c1cccc2cc(C(=O)N[C@@H]3C4CCN(CC4)[C@H]3Cc3cccnc3)oc12. The number of para-hydroxylation sites is 2. The third-order valence-electron chi connectivity index (χ3n) is 7.60. The Morgan fingerprint density at radius 2 is 1.91 bits per heavy atom.